The Labute approximate surface area is 195 Å². The van der Waals surface area contributed by atoms with Crippen molar-refractivity contribution in [2.24, 2.45) is 0 Å². The maximum absolute atomic E-state index is 14.4. The van der Waals surface area contributed by atoms with Crippen molar-refractivity contribution in [3.63, 3.8) is 0 Å². The molecule has 0 N–H and O–H groups in total. The van der Waals surface area contributed by atoms with Crippen LogP contribution in [0.4, 0.5) is 8.78 Å². The Bertz CT molecular complexity index is 1020. The lowest BCUT2D eigenvalue weighted by molar-refractivity contribution is -0.112. The van der Waals surface area contributed by atoms with Crippen molar-refractivity contribution in [1.29, 1.82) is 0 Å². The normalized spacial score (nSPS) is 16.4. The number of hydrogen-bond acceptors (Lipinski definition) is 3. The molecule has 1 aliphatic carbocycles. The Morgan fingerprint density at radius 2 is 1.55 bits per heavy atom. The molecule has 0 bridgehead atoms. The number of carbonyl (C=O) groups excluding carboxylic acids is 1. The van der Waals surface area contributed by atoms with E-state index < -0.39 is 5.82 Å². The molecule has 0 radical (unpaired) electrons. The summed E-state index contributed by atoms with van der Waals surface area (Å²) in [4.78, 5) is 13.2. The lowest BCUT2D eigenvalue weighted by Crippen LogP contribution is -2.12. The zero-order valence-corrected chi connectivity index (χ0v) is 19.5. The van der Waals surface area contributed by atoms with E-state index in [0.29, 0.717) is 54.1 Å². The van der Waals surface area contributed by atoms with Gasteiger partial charge in [0, 0.05) is 28.3 Å². The van der Waals surface area contributed by atoms with Crippen LogP contribution in [0.5, 0.6) is 11.5 Å². The Balaban J connectivity index is 1.87. The Hall–Kier alpha value is -2.95. The minimum Gasteiger partial charge on any atom is -0.493 e. The predicted molar refractivity (Wildman–Crippen MR) is 128 cm³/mol. The molecule has 0 aromatic heterocycles. The van der Waals surface area contributed by atoms with Crippen LogP contribution in [0, 0.1) is 11.6 Å². The molecule has 1 fully saturated rings. The van der Waals surface area contributed by atoms with Gasteiger partial charge in [0.25, 0.3) is 0 Å². The minimum absolute atomic E-state index is 0.0751. The predicted octanol–water partition coefficient (Wildman–Crippen LogP) is 7.54. The first-order valence-corrected chi connectivity index (χ1v) is 11.8. The molecule has 3 nitrogen and oxygen atoms in total. The van der Waals surface area contributed by atoms with Crippen molar-refractivity contribution in [2.75, 3.05) is 13.2 Å². The number of unbranched alkanes of at least 4 members (excludes halogenated alkanes) is 2. The van der Waals surface area contributed by atoms with Crippen molar-refractivity contribution < 1.29 is 23.0 Å². The maximum atomic E-state index is 14.4. The van der Waals surface area contributed by atoms with Crippen molar-refractivity contribution in [2.45, 2.75) is 58.8 Å². The molecular weight excluding hydrogens is 422 g/mol. The number of rotatable bonds is 10. The minimum atomic E-state index is -0.431. The third-order valence-corrected chi connectivity index (χ3v) is 5.61. The van der Waals surface area contributed by atoms with Crippen LogP contribution in [-0.4, -0.2) is 19.0 Å². The topological polar surface area (TPSA) is 35.5 Å². The molecule has 0 spiro atoms. The van der Waals surface area contributed by atoms with Crippen LogP contribution in [0.3, 0.4) is 0 Å². The van der Waals surface area contributed by atoms with E-state index in [0.717, 1.165) is 32.1 Å². The smallest absolute Gasteiger partial charge is 0.185 e. The fraction of sp³-hybridized carbons (Fsp3) is 0.393. The fourth-order valence-corrected chi connectivity index (χ4v) is 3.74. The molecule has 0 atom stereocenters. The summed E-state index contributed by atoms with van der Waals surface area (Å²) in [5, 5.41) is 0. The van der Waals surface area contributed by atoms with Gasteiger partial charge in [-0.2, -0.15) is 0 Å². The highest BCUT2D eigenvalue weighted by Gasteiger charge is 2.22. The first-order chi connectivity index (χ1) is 16.0. The van der Waals surface area contributed by atoms with Gasteiger partial charge in [-0.3, -0.25) is 4.79 Å². The first-order valence-electron chi connectivity index (χ1n) is 11.8. The lowest BCUT2D eigenvalue weighted by atomic mass is 9.86. The number of allylic oxidation sites excluding steroid dienone is 2. The average molecular weight is 455 g/mol. The highest BCUT2D eigenvalue weighted by atomic mass is 19.1. The third-order valence-electron chi connectivity index (χ3n) is 5.61. The van der Waals surface area contributed by atoms with Gasteiger partial charge in [-0.05, 0) is 62.5 Å². The molecule has 0 saturated heterocycles. The van der Waals surface area contributed by atoms with Crippen LogP contribution in [0.1, 0.15) is 69.9 Å². The highest BCUT2D eigenvalue weighted by molar-refractivity contribution is 6.14. The summed E-state index contributed by atoms with van der Waals surface area (Å²) < 4.78 is 39.6. The van der Waals surface area contributed by atoms with Gasteiger partial charge < -0.3 is 9.47 Å². The maximum Gasteiger partial charge on any atom is 0.185 e. The summed E-state index contributed by atoms with van der Waals surface area (Å²) in [5.41, 5.74) is 2.52. The molecule has 5 heteroatoms. The molecule has 2 aromatic carbocycles. The number of halogens is 2. The Morgan fingerprint density at radius 1 is 0.879 bits per heavy atom. The van der Waals surface area contributed by atoms with E-state index in [1.807, 2.05) is 6.92 Å². The van der Waals surface area contributed by atoms with Gasteiger partial charge in [-0.1, -0.05) is 38.8 Å². The van der Waals surface area contributed by atoms with Crippen LogP contribution in [-0.2, 0) is 4.79 Å². The summed E-state index contributed by atoms with van der Waals surface area (Å²) in [7, 11) is 0. The zero-order chi connectivity index (χ0) is 23.6. The van der Waals surface area contributed by atoms with Gasteiger partial charge in [0.05, 0.1) is 13.2 Å². The van der Waals surface area contributed by atoms with Crippen LogP contribution in [0.2, 0.25) is 0 Å². The Kier molecular flexibility index (Phi) is 9.23. The number of ketones is 1. The Morgan fingerprint density at radius 3 is 2.24 bits per heavy atom. The van der Waals surface area contributed by atoms with E-state index in [2.05, 4.69) is 6.92 Å². The lowest BCUT2D eigenvalue weighted by Gasteiger charge is -2.18. The largest absolute Gasteiger partial charge is 0.493 e. The molecule has 1 saturated carbocycles. The highest BCUT2D eigenvalue weighted by Crippen LogP contribution is 2.33. The molecule has 0 unspecified atom stereocenters. The van der Waals surface area contributed by atoms with Gasteiger partial charge in [0.2, 0.25) is 0 Å². The van der Waals surface area contributed by atoms with Gasteiger partial charge >= 0.3 is 0 Å². The molecule has 0 aliphatic heterocycles. The molecule has 0 heterocycles. The van der Waals surface area contributed by atoms with Crippen LogP contribution in [0.25, 0.3) is 12.2 Å². The van der Waals surface area contributed by atoms with E-state index in [-0.39, 0.29) is 17.3 Å². The van der Waals surface area contributed by atoms with Gasteiger partial charge in [-0.15, -0.1) is 0 Å². The molecule has 0 amide bonds. The van der Waals surface area contributed by atoms with E-state index >= 15 is 0 Å². The number of carbonyl (C=O) groups is 1. The quantitative estimate of drug-likeness (QED) is 0.275. The number of benzene rings is 2. The molecule has 1 aliphatic rings. The fourth-order valence-electron chi connectivity index (χ4n) is 3.74. The number of hydrogen-bond donors (Lipinski definition) is 0. The summed E-state index contributed by atoms with van der Waals surface area (Å²) in [6, 6.07) is 9.13. The first kappa shape index (κ1) is 24.7. The van der Waals surface area contributed by atoms with Crippen LogP contribution in [0.15, 0.2) is 47.5 Å². The molecule has 2 aromatic rings. The van der Waals surface area contributed by atoms with E-state index in [1.54, 1.807) is 30.4 Å². The molecule has 33 heavy (non-hydrogen) atoms. The second-order valence-electron chi connectivity index (χ2n) is 8.27. The molecule has 176 valence electrons. The summed E-state index contributed by atoms with van der Waals surface area (Å²) in [6.45, 7) is 5.03. The second-order valence-corrected chi connectivity index (χ2v) is 8.27. The monoisotopic (exact) mass is 454 g/mol. The SMILES string of the molecule is CCCCOc1cc(F)ccc1/C=C1\CCC/C(=C\c2cccc(F)c2OCCCC)C1=O. The van der Waals surface area contributed by atoms with E-state index in [4.69, 9.17) is 9.47 Å². The second kappa shape index (κ2) is 12.3. The summed E-state index contributed by atoms with van der Waals surface area (Å²) in [6.07, 6.45) is 9.20. The number of ether oxygens (including phenoxy) is 2. The third kappa shape index (κ3) is 6.77. The molecule has 3 rings (SSSR count). The number of para-hydroxylation sites is 1. The summed E-state index contributed by atoms with van der Waals surface area (Å²) >= 11 is 0. The van der Waals surface area contributed by atoms with E-state index in [9.17, 15) is 13.6 Å². The average Bonchev–Trinajstić information content (AvgIpc) is 2.80. The van der Waals surface area contributed by atoms with Gasteiger partial charge in [0.15, 0.2) is 17.3 Å². The number of Topliss-reactive ketones (excluding diaryl/α,β-unsaturated/α-hetero) is 1. The van der Waals surface area contributed by atoms with Crippen LogP contribution >= 0.6 is 0 Å². The van der Waals surface area contributed by atoms with E-state index in [1.165, 1.54) is 18.2 Å². The molecular formula is C28H32F2O3. The van der Waals surface area contributed by atoms with Gasteiger partial charge in [-0.25, -0.2) is 8.78 Å². The summed E-state index contributed by atoms with van der Waals surface area (Å²) in [5.74, 6) is -0.251. The van der Waals surface area contributed by atoms with Crippen LogP contribution < -0.4 is 9.47 Å². The zero-order valence-electron chi connectivity index (χ0n) is 19.5. The standard InChI is InChI=1S/C28H32F2O3/c1-3-5-15-32-26-19-24(29)14-13-20(26)17-21-9-7-10-22(27(21)31)18-23-11-8-12-25(30)28(23)33-16-6-4-2/h8,11-14,17-19H,3-7,9-10,15-16H2,1-2H3/b21-17+,22-18+. The van der Waals surface area contributed by atoms with Crippen molar-refractivity contribution in [3.05, 3.63) is 70.3 Å². The van der Waals surface area contributed by atoms with Crippen molar-refractivity contribution >= 4 is 17.9 Å². The van der Waals surface area contributed by atoms with Gasteiger partial charge in [0.1, 0.15) is 11.6 Å². The van der Waals surface area contributed by atoms with Crippen molar-refractivity contribution in [1.82, 2.24) is 0 Å². The van der Waals surface area contributed by atoms with Crippen molar-refractivity contribution in [3.8, 4) is 11.5 Å².